The summed E-state index contributed by atoms with van der Waals surface area (Å²) in [5.41, 5.74) is 0.917. The molecule has 2 aromatic carbocycles. The predicted molar refractivity (Wildman–Crippen MR) is 157 cm³/mol. The molecule has 2 heterocycles. The Hall–Kier alpha value is -5.11. The van der Waals surface area contributed by atoms with Crippen LogP contribution in [0.2, 0.25) is 0 Å². The average molecular weight is 612 g/mol. The summed E-state index contributed by atoms with van der Waals surface area (Å²) in [5, 5.41) is 18.8. The third kappa shape index (κ3) is 8.01. The molecule has 4 aromatic rings. The fraction of sp³-hybridized carbons (Fsp3) is 0.207. The van der Waals surface area contributed by atoms with Crippen LogP contribution in [0.4, 0.5) is 25.0 Å². The molecule has 4 amide bonds. The number of carboxylic acids is 1. The highest BCUT2D eigenvalue weighted by Crippen LogP contribution is 2.35. The van der Waals surface area contributed by atoms with Crippen LogP contribution in [0, 0.1) is 18.6 Å². The first-order chi connectivity index (χ1) is 20.5. The van der Waals surface area contributed by atoms with E-state index in [1.807, 2.05) is 0 Å². The van der Waals surface area contributed by atoms with Gasteiger partial charge >= 0.3 is 12.0 Å². The number of rotatable bonds is 11. The van der Waals surface area contributed by atoms with Crippen molar-refractivity contribution in [2.45, 2.75) is 32.7 Å². The van der Waals surface area contributed by atoms with Gasteiger partial charge in [-0.2, -0.15) is 0 Å². The number of benzene rings is 2. The van der Waals surface area contributed by atoms with Crippen molar-refractivity contribution >= 4 is 56.7 Å². The minimum atomic E-state index is -1.10. The van der Waals surface area contributed by atoms with E-state index in [1.54, 1.807) is 19.9 Å². The maximum absolute atomic E-state index is 14.8. The number of carbonyl (C=O) groups excluding carboxylic acids is 3. The second kappa shape index (κ2) is 13.7. The van der Waals surface area contributed by atoms with Crippen LogP contribution < -0.4 is 26.0 Å². The molecule has 4 rings (SSSR count). The number of nitrogens with one attached hydrogen (secondary N) is 4. The van der Waals surface area contributed by atoms with Gasteiger partial charge in [-0.3, -0.25) is 19.4 Å². The minimum absolute atomic E-state index is 0.0522. The molecule has 0 saturated carbocycles. The number of thiophene rings is 1. The van der Waals surface area contributed by atoms with Crippen molar-refractivity contribution in [2.75, 3.05) is 17.2 Å². The molecule has 0 fully saturated rings. The SMILES string of the molecule is CCNC(=O)C(CCC(=O)O)NC(=O)c1cc2nccc(Oc3ccc(NC(=O)Nc4cc(C)ccc4F)c(F)c3)c2s1. The lowest BCUT2D eigenvalue weighted by Crippen LogP contribution is -2.46. The summed E-state index contributed by atoms with van der Waals surface area (Å²) < 4.78 is 35.1. The average Bonchev–Trinajstić information content (AvgIpc) is 3.40. The molecule has 224 valence electrons. The Morgan fingerprint density at radius 3 is 2.49 bits per heavy atom. The van der Waals surface area contributed by atoms with Crippen molar-refractivity contribution in [1.29, 1.82) is 0 Å². The lowest BCUT2D eigenvalue weighted by atomic mass is 10.1. The molecular weight excluding hydrogens is 584 g/mol. The maximum Gasteiger partial charge on any atom is 0.323 e. The number of fused-ring (bicyclic) bond motifs is 1. The molecule has 0 aliphatic carbocycles. The monoisotopic (exact) mass is 611 g/mol. The number of ether oxygens (including phenoxy) is 1. The van der Waals surface area contributed by atoms with Crippen molar-refractivity contribution in [3.8, 4) is 11.5 Å². The van der Waals surface area contributed by atoms with Crippen LogP contribution in [-0.4, -0.2) is 46.5 Å². The Labute approximate surface area is 248 Å². The van der Waals surface area contributed by atoms with Gasteiger partial charge in [0.15, 0.2) is 0 Å². The Morgan fingerprint density at radius 1 is 1.00 bits per heavy atom. The van der Waals surface area contributed by atoms with Crippen molar-refractivity contribution in [3.63, 3.8) is 0 Å². The first kappa shape index (κ1) is 30.8. The lowest BCUT2D eigenvalue weighted by molar-refractivity contribution is -0.137. The number of hydrogen-bond donors (Lipinski definition) is 5. The van der Waals surface area contributed by atoms with Crippen LogP contribution in [0.1, 0.15) is 35.0 Å². The van der Waals surface area contributed by atoms with E-state index in [0.717, 1.165) is 23.0 Å². The molecule has 2 aromatic heterocycles. The summed E-state index contributed by atoms with van der Waals surface area (Å²) >= 11 is 1.02. The standard InChI is InChI=1S/C29H27F2N5O6S/c1-3-32-27(39)20(8-9-25(37)38)34-28(40)24-14-22-26(43-24)23(10-11-33-22)42-16-5-7-19(18(31)13-16)35-29(41)36-21-12-15(2)4-6-17(21)30/h4-7,10-14,20H,3,8-9H2,1-2H3,(H,32,39)(H,34,40)(H,37,38)(H2,35,36,41). The van der Waals surface area contributed by atoms with E-state index in [4.69, 9.17) is 9.84 Å². The number of amides is 4. The van der Waals surface area contributed by atoms with Crippen molar-refractivity contribution < 1.29 is 37.8 Å². The summed E-state index contributed by atoms with van der Waals surface area (Å²) in [6.45, 7) is 3.75. The van der Waals surface area contributed by atoms with Crippen LogP contribution in [0.15, 0.2) is 54.7 Å². The van der Waals surface area contributed by atoms with E-state index in [1.165, 1.54) is 42.6 Å². The number of aliphatic carboxylic acids is 1. The number of aromatic nitrogens is 1. The fourth-order valence-electron chi connectivity index (χ4n) is 3.97. The molecular formula is C29H27F2N5O6S. The zero-order valence-electron chi connectivity index (χ0n) is 23.0. The highest BCUT2D eigenvalue weighted by molar-refractivity contribution is 7.21. The molecule has 14 heteroatoms. The zero-order chi connectivity index (χ0) is 31.1. The maximum atomic E-state index is 14.8. The van der Waals surface area contributed by atoms with Gasteiger partial charge in [0.2, 0.25) is 5.91 Å². The normalized spacial score (nSPS) is 11.4. The third-order valence-corrected chi connectivity index (χ3v) is 7.14. The molecule has 0 radical (unpaired) electrons. The van der Waals surface area contributed by atoms with E-state index >= 15 is 0 Å². The Bertz CT molecular complexity index is 1700. The number of halogens is 2. The van der Waals surface area contributed by atoms with E-state index < -0.39 is 41.5 Å². The smallest absolute Gasteiger partial charge is 0.323 e. The third-order valence-electron chi connectivity index (χ3n) is 6.01. The Morgan fingerprint density at radius 2 is 1.77 bits per heavy atom. The van der Waals surface area contributed by atoms with Crippen molar-refractivity contribution in [1.82, 2.24) is 15.6 Å². The van der Waals surface area contributed by atoms with Gasteiger partial charge in [0.05, 0.1) is 26.5 Å². The topological polar surface area (TPSA) is 159 Å². The zero-order valence-corrected chi connectivity index (χ0v) is 23.8. The van der Waals surface area contributed by atoms with Crippen LogP contribution in [0.25, 0.3) is 10.2 Å². The van der Waals surface area contributed by atoms with Gasteiger partial charge in [0.25, 0.3) is 5.91 Å². The van der Waals surface area contributed by atoms with Crippen LogP contribution in [0.5, 0.6) is 11.5 Å². The number of carboxylic acid groups (broad SMARTS) is 1. The number of urea groups is 1. The Balaban J connectivity index is 1.47. The largest absolute Gasteiger partial charge is 0.481 e. The molecule has 0 saturated heterocycles. The van der Waals surface area contributed by atoms with Gasteiger partial charge in [0, 0.05) is 31.3 Å². The van der Waals surface area contributed by atoms with Gasteiger partial charge in [-0.05, 0) is 56.2 Å². The molecule has 5 N–H and O–H groups in total. The summed E-state index contributed by atoms with van der Waals surface area (Å²) in [4.78, 5) is 53.1. The van der Waals surface area contributed by atoms with Crippen LogP contribution in [0.3, 0.4) is 0 Å². The molecule has 1 atom stereocenters. The van der Waals surface area contributed by atoms with E-state index in [9.17, 15) is 28.0 Å². The van der Waals surface area contributed by atoms with E-state index in [2.05, 4.69) is 26.3 Å². The van der Waals surface area contributed by atoms with Gasteiger partial charge in [0.1, 0.15) is 29.2 Å². The van der Waals surface area contributed by atoms with Crippen molar-refractivity contribution in [2.24, 2.45) is 0 Å². The first-order valence-corrected chi connectivity index (χ1v) is 13.9. The predicted octanol–water partition coefficient (Wildman–Crippen LogP) is 5.42. The van der Waals surface area contributed by atoms with Gasteiger partial charge < -0.3 is 31.1 Å². The molecule has 1 unspecified atom stereocenters. The fourth-order valence-corrected chi connectivity index (χ4v) is 4.94. The molecule has 0 aliphatic heterocycles. The van der Waals surface area contributed by atoms with E-state index in [0.29, 0.717) is 16.8 Å². The minimum Gasteiger partial charge on any atom is -0.481 e. The number of pyridine rings is 1. The summed E-state index contributed by atoms with van der Waals surface area (Å²) in [6, 6.07) is 9.08. The summed E-state index contributed by atoms with van der Waals surface area (Å²) in [6.07, 6.45) is 1.04. The van der Waals surface area contributed by atoms with Gasteiger partial charge in [-0.1, -0.05) is 6.07 Å². The van der Waals surface area contributed by atoms with Crippen LogP contribution >= 0.6 is 11.3 Å². The lowest BCUT2D eigenvalue weighted by Gasteiger charge is -2.16. The highest BCUT2D eigenvalue weighted by Gasteiger charge is 2.24. The quantitative estimate of drug-likeness (QED) is 0.151. The molecule has 0 spiro atoms. The molecule has 11 nitrogen and oxygen atoms in total. The molecule has 43 heavy (non-hydrogen) atoms. The number of hydrogen-bond acceptors (Lipinski definition) is 7. The van der Waals surface area contributed by atoms with E-state index in [-0.39, 0.29) is 40.6 Å². The Kier molecular flexibility index (Phi) is 9.83. The van der Waals surface area contributed by atoms with Crippen molar-refractivity contribution in [3.05, 3.63) is 76.8 Å². The second-order valence-electron chi connectivity index (χ2n) is 9.29. The number of anilines is 2. The summed E-state index contributed by atoms with van der Waals surface area (Å²) in [7, 11) is 0. The second-order valence-corrected chi connectivity index (χ2v) is 10.3. The number of likely N-dealkylation sites (N-methyl/N-ethyl adjacent to an activating group) is 1. The first-order valence-electron chi connectivity index (χ1n) is 13.0. The molecule has 0 bridgehead atoms. The number of aryl methyl sites for hydroxylation is 1. The highest BCUT2D eigenvalue weighted by atomic mass is 32.1. The number of carbonyl (C=O) groups is 4. The number of nitrogens with zero attached hydrogens (tertiary/aromatic N) is 1. The summed E-state index contributed by atoms with van der Waals surface area (Å²) in [5.74, 6) is -3.29. The van der Waals surface area contributed by atoms with Crippen LogP contribution in [-0.2, 0) is 9.59 Å². The molecule has 0 aliphatic rings. The van der Waals surface area contributed by atoms with Gasteiger partial charge in [-0.15, -0.1) is 11.3 Å². The van der Waals surface area contributed by atoms with Gasteiger partial charge in [-0.25, -0.2) is 13.6 Å².